The number of benzene rings is 3. The number of sulfonamides is 1. The summed E-state index contributed by atoms with van der Waals surface area (Å²) in [6, 6.07) is 19.3. The van der Waals surface area contributed by atoms with Crippen LogP contribution in [0.3, 0.4) is 0 Å². The average molecular weight is 457 g/mol. The minimum Gasteiger partial charge on any atom is -0.494 e. The highest BCUT2D eigenvalue weighted by Crippen LogP contribution is 2.25. The van der Waals surface area contributed by atoms with Crippen LogP contribution < -0.4 is 10.1 Å². The van der Waals surface area contributed by atoms with Gasteiger partial charge in [0.05, 0.1) is 23.7 Å². The molecule has 0 radical (unpaired) electrons. The fraction of sp³-hybridized carbons (Fsp3) is 0.208. The van der Waals surface area contributed by atoms with Crippen molar-refractivity contribution in [3.63, 3.8) is 0 Å². The van der Waals surface area contributed by atoms with Crippen molar-refractivity contribution in [3.05, 3.63) is 89.7 Å². The molecule has 0 aliphatic rings. The fourth-order valence-electron chi connectivity index (χ4n) is 3.17. The number of aryl methyl sites for hydroxylation is 1. The lowest BCUT2D eigenvalue weighted by atomic mass is 10.2. The summed E-state index contributed by atoms with van der Waals surface area (Å²) >= 11 is 0. The number of ether oxygens (including phenoxy) is 1. The SMILES string of the molecule is CCOc1ccc(S(=O)(=O)N(CC(=O)Nc2ccccc2F)Cc2ccccc2)cc1C. The minimum atomic E-state index is -4.03. The topological polar surface area (TPSA) is 75.7 Å². The Hall–Kier alpha value is -3.23. The molecule has 0 fully saturated rings. The van der Waals surface area contributed by atoms with Crippen LogP contribution in [-0.4, -0.2) is 31.8 Å². The maximum Gasteiger partial charge on any atom is 0.243 e. The highest BCUT2D eigenvalue weighted by Gasteiger charge is 2.28. The number of amides is 1. The van der Waals surface area contributed by atoms with Gasteiger partial charge in [-0.2, -0.15) is 4.31 Å². The Bertz CT molecular complexity index is 1180. The Balaban J connectivity index is 1.90. The smallest absolute Gasteiger partial charge is 0.243 e. The van der Waals surface area contributed by atoms with Gasteiger partial charge >= 0.3 is 0 Å². The first-order chi connectivity index (χ1) is 15.3. The lowest BCUT2D eigenvalue weighted by Gasteiger charge is -2.22. The summed E-state index contributed by atoms with van der Waals surface area (Å²) in [5.74, 6) is -0.643. The molecule has 3 aromatic carbocycles. The van der Waals surface area contributed by atoms with Gasteiger partial charge in [0.15, 0.2) is 0 Å². The van der Waals surface area contributed by atoms with Crippen LogP contribution in [0, 0.1) is 12.7 Å². The van der Waals surface area contributed by atoms with Gasteiger partial charge in [0.2, 0.25) is 15.9 Å². The van der Waals surface area contributed by atoms with Crippen LogP contribution in [-0.2, 0) is 21.4 Å². The van der Waals surface area contributed by atoms with Crippen LogP contribution in [0.25, 0.3) is 0 Å². The fourth-order valence-corrected chi connectivity index (χ4v) is 4.64. The second-order valence-electron chi connectivity index (χ2n) is 7.15. The van der Waals surface area contributed by atoms with E-state index in [9.17, 15) is 17.6 Å². The molecule has 3 rings (SSSR count). The number of para-hydroxylation sites is 1. The summed E-state index contributed by atoms with van der Waals surface area (Å²) in [5.41, 5.74) is 1.38. The molecule has 0 bridgehead atoms. The van der Waals surface area contributed by atoms with Crippen LogP contribution in [0.4, 0.5) is 10.1 Å². The Morgan fingerprint density at radius 1 is 1.03 bits per heavy atom. The average Bonchev–Trinajstić information content (AvgIpc) is 2.77. The van der Waals surface area contributed by atoms with Crippen LogP contribution in [0.1, 0.15) is 18.1 Å². The van der Waals surface area contributed by atoms with E-state index in [4.69, 9.17) is 4.74 Å². The molecule has 32 heavy (non-hydrogen) atoms. The summed E-state index contributed by atoms with van der Waals surface area (Å²) in [6.07, 6.45) is 0. The first-order valence-corrected chi connectivity index (χ1v) is 11.6. The molecular weight excluding hydrogens is 431 g/mol. The van der Waals surface area contributed by atoms with E-state index in [1.807, 2.05) is 13.0 Å². The van der Waals surface area contributed by atoms with Crippen molar-refractivity contribution in [2.24, 2.45) is 0 Å². The molecule has 1 amide bonds. The summed E-state index contributed by atoms with van der Waals surface area (Å²) in [4.78, 5) is 12.7. The molecule has 6 nitrogen and oxygen atoms in total. The number of carbonyl (C=O) groups excluding carboxylic acids is 1. The zero-order valence-electron chi connectivity index (χ0n) is 17.9. The second kappa shape index (κ2) is 10.4. The molecule has 0 saturated carbocycles. The first kappa shape index (κ1) is 23.4. The van der Waals surface area contributed by atoms with Gasteiger partial charge in [-0.3, -0.25) is 4.79 Å². The van der Waals surface area contributed by atoms with E-state index in [0.717, 1.165) is 9.87 Å². The summed E-state index contributed by atoms with van der Waals surface area (Å²) < 4.78 is 47.4. The molecule has 1 N–H and O–H groups in total. The number of anilines is 1. The highest BCUT2D eigenvalue weighted by molar-refractivity contribution is 7.89. The van der Waals surface area contributed by atoms with Crippen molar-refractivity contribution in [2.75, 3.05) is 18.5 Å². The Morgan fingerprint density at radius 2 is 1.72 bits per heavy atom. The monoisotopic (exact) mass is 456 g/mol. The van der Waals surface area contributed by atoms with E-state index in [2.05, 4.69) is 5.32 Å². The van der Waals surface area contributed by atoms with Gasteiger partial charge in [0.25, 0.3) is 0 Å². The summed E-state index contributed by atoms with van der Waals surface area (Å²) in [5, 5.41) is 2.45. The molecule has 0 heterocycles. The molecule has 0 spiro atoms. The summed E-state index contributed by atoms with van der Waals surface area (Å²) in [6.45, 7) is 3.58. The van der Waals surface area contributed by atoms with Crippen LogP contribution in [0.5, 0.6) is 5.75 Å². The number of halogens is 1. The Labute approximate surface area is 187 Å². The number of hydrogen-bond donors (Lipinski definition) is 1. The van der Waals surface area contributed by atoms with Gasteiger partial charge in [0, 0.05) is 6.54 Å². The Morgan fingerprint density at radius 3 is 2.38 bits per heavy atom. The van der Waals surface area contributed by atoms with Crippen LogP contribution in [0.2, 0.25) is 0 Å². The number of hydrogen-bond acceptors (Lipinski definition) is 4. The number of rotatable bonds is 9. The van der Waals surface area contributed by atoms with E-state index in [-0.39, 0.29) is 17.1 Å². The molecule has 0 aliphatic carbocycles. The highest BCUT2D eigenvalue weighted by atomic mass is 32.2. The standard InChI is InChI=1S/C24H25FN2O4S/c1-3-31-23-14-13-20(15-18(23)2)32(29,30)27(16-19-9-5-4-6-10-19)17-24(28)26-22-12-8-7-11-21(22)25/h4-15H,3,16-17H2,1-2H3,(H,26,28). The second-order valence-corrected chi connectivity index (χ2v) is 9.08. The predicted octanol–water partition coefficient (Wildman–Crippen LogP) is 4.36. The number of nitrogens with one attached hydrogen (secondary N) is 1. The van der Waals surface area contributed by atoms with Crippen LogP contribution >= 0.6 is 0 Å². The molecule has 0 atom stereocenters. The van der Waals surface area contributed by atoms with Crippen LogP contribution in [0.15, 0.2) is 77.7 Å². The maximum atomic E-state index is 13.9. The lowest BCUT2D eigenvalue weighted by Crippen LogP contribution is -2.37. The molecule has 0 aromatic heterocycles. The van der Waals surface area contributed by atoms with E-state index < -0.39 is 28.3 Å². The van der Waals surface area contributed by atoms with Gasteiger partial charge in [-0.1, -0.05) is 42.5 Å². The van der Waals surface area contributed by atoms with E-state index in [1.165, 1.54) is 30.3 Å². The molecule has 8 heteroatoms. The van der Waals surface area contributed by atoms with Crippen molar-refractivity contribution in [3.8, 4) is 5.75 Å². The van der Waals surface area contributed by atoms with Crippen molar-refractivity contribution < 1.29 is 22.3 Å². The third-order valence-corrected chi connectivity index (χ3v) is 6.54. The van der Waals surface area contributed by atoms with Crippen molar-refractivity contribution in [1.29, 1.82) is 0 Å². The molecule has 0 aliphatic heterocycles. The quantitative estimate of drug-likeness (QED) is 0.519. The molecule has 168 valence electrons. The normalized spacial score (nSPS) is 11.4. The van der Waals surface area contributed by atoms with Gasteiger partial charge in [0.1, 0.15) is 11.6 Å². The van der Waals surface area contributed by atoms with Gasteiger partial charge in [-0.15, -0.1) is 0 Å². The summed E-state index contributed by atoms with van der Waals surface area (Å²) in [7, 11) is -4.03. The van der Waals surface area contributed by atoms with E-state index >= 15 is 0 Å². The number of nitrogens with zero attached hydrogens (tertiary/aromatic N) is 1. The Kier molecular flexibility index (Phi) is 7.61. The third-order valence-electron chi connectivity index (χ3n) is 4.75. The molecule has 3 aromatic rings. The lowest BCUT2D eigenvalue weighted by molar-refractivity contribution is -0.116. The van der Waals surface area contributed by atoms with Crippen molar-refractivity contribution in [2.45, 2.75) is 25.3 Å². The number of carbonyl (C=O) groups is 1. The van der Waals surface area contributed by atoms with Gasteiger partial charge in [-0.25, -0.2) is 12.8 Å². The van der Waals surface area contributed by atoms with Gasteiger partial charge in [-0.05, 0) is 55.3 Å². The third kappa shape index (κ3) is 5.72. The molecule has 0 saturated heterocycles. The van der Waals surface area contributed by atoms with E-state index in [0.29, 0.717) is 17.9 Å². The predicted molar refractivity (Wildman–Crippen MR) is 121 cm³/mol. The minimum absolute atomic E-state index is 0.00790. The largest absolute Gasteiger partial charge is 0.494 e. The van der Waals surface area contributed by atoms with Crippen molar-refractivity contribution in [1.82, 2.24) is 4.31 Å². The van der Waals surface area contributed by atoms with Crippen molar-refractivity contribution >= 4 is 21.6 Å². The first-order valence-electron chi connectivity index (χ1n) is 10.1. The van der Waals surface area contributed by atoms with Gasteiger partial charge < -0.3 is 10.1 Å². The molecular formula is C24H25FN2O4S. The van der Waals surface area contributed by atoms with E-state index in [1.54, 1.807) is 43.3 Å². The zero-order chi connectivity index (χ0) is 23.1. The zero-order valence-corrected chi connectivity index (χ0v) is 18.7. The molecule has 0 unspecified atom stereocenters. The maximum absolute atomic E-state index is 13.9.